The van der Waals surface area contributed by atoms with Crippen LogP contribution < -0.4 is 0 Å². The molecule has 3 saturated carbocycles. The summed E-state index contributed by atoms with van der Waals surface area (Å²) in [4.78, 5) is 12.4. The minimum absolute atomic E-state index is 0.0368. The summed E-state index contributed by atoms with van der Waals surface area (Å²) >= 11 is 0. The number of rotatable bonds is 6. The Hall–Kier alpha value is -1.04. The van der Waals surface area contributed by atoms with Gasteiger partial charge in [-0.15, -0.1) is 0 Å². The standard InChI is InChI=1S/C26H41FO2/c1-2-3-4-5-20-6-8-21(9-7-20)10-11-22-12-14-23(15-13-22)26(28)29-25-18-16-24(27)17-19-25/h20-25H,2-9,12-19H2,1H3. The minimum Gasteiger partial charge on any atom is -0.462 e. The van der Waals surface area contributed by atoms with Gasteiger partial charge in [-0.05, 0) is 83.0 Å². The second-order valence-electron chi connectivity index (χ2n) is 9.86. The van der Waals surface area contributed by atoms with E-state index in [1.165, 1.54) is 51.4 Å². The van der Waals surface area contributed by atoms with E-state index in [0.29, 0.717) is 37.5 Å². The Bertz CT molecular complexity index is 539. The molecule has 0 aromatic heterocycles. The van der Waals surface area contributed by atoms with Crippen molar-refractivity contribution in [2.75, 3.05) is 0 Å². The fraction of sp³-hybridized carbons (Fsp3) is 0.885. The molecule has 0 saturated heterocycles. The normalized spacial score (nSPS) is 35.4. The van der Waals surface area contributed by atoms with Crippen molar-refractivity contribution in [2.24, 2.45) is 23.7 Å². The van der Waals surface area contributed by atoms with Gasteiger partial charge in [0.2, 0.25) is 0 Å². The van der Waals surface area contributed by atoms with Crippen molar-refractivity contribution in [3.63, 3.8) is 0 Å². The van der Waals surface area contributed by atoms with Gasteiger partial charge in [-0.2, -0.15) is 0 Å². The Labute approximate surface area is 177 Å². The predicted molar refractivity (Wildman–Crippen MR) is 116 cm³/mol. The maximum absolute atomic E-state index is 13.2. The lowest BCUT2D eigenvalue weighted by molar-refractivity contribution is -0.157. The van der Waals surface area contributed by atoms with E-state index in [1.54, 1.807) is 0 Å². The van der Waals surface area contributed by atoms with Crippen LogP contribution in [-0.4, -0.2) is 18.2 Å². The van der Waals surface area contributed by atoms with Gasteiger partial charge < -0.3 is 4.74 Å². The lowest BCUT2D eigenvalue weighted by Gasteiger charge is -2.29. The zero-order valence-corrected chi connectivity index (χ0v) is 18.5. The number of ether oxygens (including phenoxy) is 1. The zero-order chi connectivity index (χ0) is 20.5. The van der Waals surface area contributed by atoms with E-state index in [9.17, 15) is 9.18 Å². The van der Waals surface area contributed by atoms with Gasteiger partial charge in [0.15, 0.2) is 0 Å². The maximum atomic E-state index is 13.2. The number of alkyl halides is 1. The van der Waals surface area contributed by atoms with E-state index in [1.807, 2.05) is 0 Å². The third kappa shape index (κ3) is 7.62. The summed E-state index contributed by atoms with van der Waals surface area (Å²) in [5.74, 6) is 9.16. The van der Waals surface area contributed by atoms with Crippen LogP contribution >= 0.6 is 0 Å². The summed E-state index contributed by atoms with van der Waals surface area (Å²) in [6, 6.07) is 0. The molecule has 0 atom stereocenters. The van der Waals surface area contributed by atoms with Gasteiger partial charge in [0.1, 0.15) is 12.3 Å². The van der Waals surface area contributed by atoms with Gasteiger partial charge >= 0.3 is 5.97 Å². The molecule has 3 aliphatic rings. The van der Waals surface area contributed by atoms with Gasteiger partial charge in [0.05, 0.1) is 5.92 Å². The number of unbranched alkanes of at least 4 members (excludes halogenated alkanes) is 2. The van der Waals surface area contributed by atoms with Crippen molar-refractivity contribution in [1.82, 2.24) is 0 Å². The van der Waals surface area contributed by atoms with Crippen LogP contribution in [0, 0.1) is 35.5 Å². The van der Waals surface area contributed by atoms with Gasteiger partial charge in [0.25, 0.3) is 0 Å². The maximum Gasteiger partial charge on any atom is 0.309 e. The third-order valence-electron chi connectivity index (χ3n) is 7.50. The van der Waals surface area contributed by atoms with Gasteiger partial charge in [-0.25, -0.2) is 4.39 Å². The first-order chi connectivity index (χ1) is 14.1. The van der Waals surface area contributed by atoms with Crippen LogP contribution in [0.25, 0.3) is 0 Å². The molecule has 0 unspecified atom stereocenters. The molecule has 0 heterocycles. The fourth-order valence-corrected chi connectivity index (χ4v) is 5.39. The lowest BCUT2D eigenvalue weighted by Crippen LogP contribution is -2.30. The average molecular weight is 405 g/mol. The first-order valence-electron chi connectivity index (χ1n) is 12.5. The second kappa shape index (κ2) is 12.0. The Morgan fingerprint density at radius 1 is 0.828 bits per heavy atom. The molecule has 0 spiro atoms. The lowest BCUT2D eigenvalue weighted by atomic mass is 9.79. The van der Waals surface area contributed by atoms with Crippen LogP contribution in [0.4, 0.5) is 4.39 Å². The molecule has 3 heteroatoms. The summed E-state index contributed by atoms with van der Waals surface area (Å²) in [5.41, 5.74) is 0. The highest BCUT2D eigenvalue weighted by molar-refractivity contribution is 5.72. The van der Waals surface area contributed by atoms with Crippen LogP contribution in [0.2, 0.25) is 0 Å². The SMILES string of the molecule is CCCCCC1CCC(C#CC2CCC(C(=O)OC3CCC(F)CC3)CC2)CC1. The fourth-order valence-electron chi connectivity index (χ4n) is 5.39. The summed E-state index contributed by atoms with van der Waals surface area (Å²) in [6.45, 7) is 2.28. The van der Waals surface area contributed by atoms with E-state index in [-0.39, 0.29) is 18.0 Å². The number of halogens is 1. The smallest absolute Gasteiger partial charge is 0.309 e. The van der Waals surface area contributed by atoms with Crippen LogP contribution in [0.5, 0.6) is 0 Å². The second-order valence-corrected chi connectivity index (χ2v) is 9.86. The highest BCUT2D eigenvalue weighted by atomic mass is 19.1. The molecule has 3 fully saturated rings. The molecular weight excluding hydrogens is 363 g/mol. The molecule has 0 aromatic carbocycles. The van der Waals surface area contributed by atoms with E-state index >= 15 is 0 Å². The van der Waals surface area contributed by atoms with Crippen molar-refractivity contribution in [3.05, 3.63) is 0 Å². The summed E-state index contributed by atoms with van der Waals surface area (Å²) in [6.07, 6.45) is 16.4. The van der Waals surface area contributed by atoms with Crippen molar-refractivity contribution in [3.8, 4) is 11.8 Å². The van der Waals surface area contributed by atoms with Gasteiger partial charge in [-0.1, -0.05) is 44.4 Å². The number of carbonyl (C=O) groups excluding carboxylic acids is 1. The first-order valence-corrected chi connectivity index (χ1v) is 12.5. The predicted octanol–water partition coefficient (Wildman–Crippen LogP) is 7.01. The molecule has 0 N–H and O–H groups in total. The van der Waals surface area contributed by atoms with E-state index in [4.69, 9.17) is 4.74 Å². The van der Waals surface area contributed by atoms with Gasteiger partial charge in [-0.3, -0.25) is 4.79 Å². The first kappa shape index (κ1) is 22.6. The molecule has 164 valence electrons. The average Bonchev–Trinajstić information content (AvgIpc) is 2.75. The van der Waals surface area contributed by atoms with Crippen LogP contribution in [0.3, 0.4) is 0 Å². The molecular formula is C26H41FO2. The van der Waals surface area contributed by atoms with Crippen LogP contribution in [0.1, 0.15) is 110 Å². The molecule has 29 heavy (non-hydrogen) atoms. The van der Waals surface area contributed by atoms with Crippen molar-refractivity contribution in [1.29, 1.82) is 0 Å². The number of carbonyl (C=O) groups is 1. The summed E-state index contributed by atoms with van der Waals surface area (Å²) in [5, 5.41) is 0. The molecule has 0 radical (unpaired) electrons. The Morgan fingerprint density at radius 3 is 2.00 bits per heavy atom. The highest BCUT2D eigenvalue weighted by Crippen LogP contribution is 2.33. The van der Waals surface area contributed by atoms with Crippen LogP contribution in [-0.2, 0) is 9.53 Å². The number of hydrogen-bond donors (Lipinski definition) is 0. The molecule has 3 rings (SSSR count). The molecule has 0 aliphatic heterocycles. The van der Waals surface area contributed by atoms with Crippen molar-refractivity contribution in [2.45, 2.75) is 122 Å². The Morgan fingerprint density at radius 2 is 1.41 bits per heavy atom. The monoisotopic (exact) mass is 404 g/mol. The largest absolute Gasteiger partial charge is 0.462 e. The van der Waals surface area contributed by atoms with Crippen molar-refractivity contribution >= 4 is 5.97 Å². The summed E-state index contributed by atoms with van der Waals surface area (Å²) < 4.78 is 18.9. The molecule has 2 nitrogen and oxygen atoms in total. The highest BCUT2D eigenvalue weighted by Gasteiger charge is 2.30. The van der Waals surface area contributed by atoms with Gasteiger partial charge in [0, 0.05) is 11.8 Å². The molecule has 0 bridgehead atoms. The topological polar surface area (TPSA) is 26.3 Å². The number of hydrogen-bond acceptors (Lipinski definition) is 2. The zero-order valence-electron chi connectivity index (χ0n) is 18.5. The number of esters is 1. The molecule has 0 amide bonds. The van der Waals surface area contributed by atoms with E-state index in [0.717, 1.165) is 31.6 Å². The minimum atomic E-state index is -0.699. The third-order valence-corrected chi connectivity index (χ3v) is 7.50. The molecule has 3 aliphatic carbocycles. The Balaban J connectivity index is 1.32. The quantitative estimate of drug-likeness (QED) is 0.270. The molecule has 0 aromatic rings. The van der Waals surface area contributed by atoms with E-state index in [2.05, 4.69) is 18.8 Å². The summed E-state index contributed by atoms with van der Waals surface area (Å²) in [7, 11) is 0. The van der Waals surface area contributed by atoms with Crippen molar-refractivity contribution < 1.29 is 13.9 Å². The van der Waals surface area contributed by atoms with Crippen LogP contribution in [0.15, 0.2) is 0 Å². The van der Waals surface area contributed by atoms with E-state index < -0.39 is 6.17 Å². The Kier molecular flexibility index (Phi) is 9.35.